The molecule has 1 aromatic carbocycles. The van der Waals surface area contributed by atoms with Crippen molar-refractivity contribution in [2.45, 2.75) is 23.5 Å². The molecule has 27 heavy (non-hydrogen) atoms. The summed E-state index contributed by atoms with van der Waals surface area (Å²) in [5.74, 6) is 1.94. The van der Waals surface area contributed by atoms with Crippen LogP contribution in [0.5, 0.6) is 11.5 Å². The zero-order chi connectivity index (χ0) is 18.8. The molecule has 0 aliphatic carbocycles. The van der Waals surface area contributed by atoms with Gasteiger partial charge in [-0.15, -0.1) is 0 Å². The molecule has 2 aromatic heterocycles. The van der Waals surface area contributed by atoms with Crippen LogP contribution in [0.25, 0.3) is 11.2 Å². The molecule has 1 aliphatic rings. The Morgan fingerprint density at radius 3 is 2.81 bits per heavy atom. The van der Waals surface area contributed by atoms with Gasteiger partial charge in [0, 0.05) is 21.6 Å². The highest BCUT2D eigenvalue weighted by Gasteiger charge is 2.20. The number of imidazole rings is 1. The van der Waals surface area contributed by atoms with Crippen LogP contribution in [-0.2, 0) is 6.54 Å². The fourth-order valence-electron chi connectivity index (χ4n) is 2.80. The number of nitrogen functional groups attached to an aromatic ring is 1. The Morgan fingerprint density at radius 1 is 1.26 bits per heavy atom. The number of hydrogen-bond acceptors (Lipinski definition) is 8. The summed E-state index contributed by atoms with van der Waals surface area (Å²) >= 11 is 3.87. The number of fused-ring (bicyclic) bond motifs is 2. The average molecular weight is 498 g/mol. The lowest BCUT2D eigenvalue weighted by atomic mass is 10.3. The average Bonchev–Trinajstić information content (AvgIpc) is 3.01. The van der Waals surface area contributed by atoms with E-state index in [-0.39, 0.29) is 0 Å². The van der Waals surface area contributed by atoms with Crippen molar-refractivity contribution in [1.82, 2.24) is 24.8 Å². The van der Waals surface area contributed by atoms with Crippen LogP contribution in [-0.4, -0.2) is 45.8 Å². The minimum atomic E-state index is 0.390. The first-order chi connectivity index (χ1) is 13.2. The molecule has 0 spiro atoms. The second kappa shape index (κ2) is 8.07. The second-order valence-electron chi connectivity index (χ2n) is 5.86. The summed E-state index contributed by atoms with van der Waals surface area (Å²) in [5.41, 5.74) is 7.39. The van der Waals surface area contributed by atoms with Crippen molar-refractivity contribution in [2.24, 2.45) is 0 Å². The maximum absolute atomic E-state index is 6.02. The number of likely N-dealkylation sites (N-methyl/N-ethyl adjacent to an activating group) is 1. The first-order valence-electron chi connectivity index (χ1n) is 8.61. The molecule has 3 N–H and O–H groups in total. The Labute approximate surface area is 174 Å². The van der Waals surface area contributed by atoms with Crippen molar-refractivity contribution >= 4 is 51.3 Å². The molecular weight excluding hydrogens is 479 g/mol. The molecule has 0 radical (unpaired) electrons. The van der Waals surface area contributed by atoms with Crippen molar-refractivity contribution in [2.75, 3.05) is 32.0 Å². The molecule has 3 heterocycles. The number of anilines is 1. The summed E-state index contributed by atoms with van der Waals surface area (Å²) in [5, 5.41) is 4.16. The molecule has 3 aromatic rings. The Bertz CT molecular complexity index is 980. The molecule has 4 rings (SSSR count). The molecule has 0 unspecified atom stereocenters. The number of aromatic nitrogens is 4. The van der Waals surface area contributed by atoms with Gasteiger partial charge < -0.3 is 25.1 Å². The van der Waals surface area contributed by atoms with Gasteiger partial charge in [0.15, 0.2) is 33.6 Å². The Balaban J connectivity index is 1.72. The molecule has 0 amide bonds. The number of nitrogens with zero attached hydrogens (tertiary/aromatic N) is 4. The van der Waals surface area contributed by atoms with Crippen LogP contribution in [0.4, 0.5) is 5.82 Å². The lowest BCUT2D eigenvalue weighted by molar-refractivity contribution is 0.171. The fraction of sp³-hybridized carbons (Fsp3) is 0.353. The van der Waals surface area contributed by atoms with Crippen molar-refractivity contribution in [3.05, 3.63) is 22.0 Å². The minimum Gasteiger partial charge on any atom is -0.486 e. The molecular formula is C17H19IN6O2S. The zero-order valence-electron chi connectivity index (χ0n) is 14.7. The number of rotatable bonds is 6. The zero-order valence-corrected chi connectivity index (χ0v) is 17.7. The highest BCUT2D eigenvalue weighted by Crippen LogP contribution is 2.40. The largest absolute Gasteiger partial charge is 0.486 e. The van der Waals surface area contributed by atoms with Crippen LogP contribution in [0, 0.1) is 3.57 Å². The highest BCUT2D eigenvalue weighted by atomic mass is 127. The number of halogens is 1. The van der Waals surface area contributed by atoms with Gasteiger partial charge in [-0.25, -0.2) is 15.0 Å². The van der Waals surface area contributed by atoms with Crippen LogP contribution < -0.4 is 20.5 Å². The fourth-order valence-corrected chi connectivity index (χ4v) is 4.52. The van der Waals surface area contributed by atoms with E-state index in [4.69, 9.17) is 20.2 Å². The summed E-state index contributed by atoms with van der Waals surface area (Å²) in [7, 11) is 0. The third-order valence-electron chi connectivity index (χ3n) is 4.09. The monoisotopic (exact) mass is 498 g/mol. The summed E-state index contributed by atoms with van der Waals surface area (Å²) in [4.78, 5) is 14.2. The van der Waals surface area contributed by atoms with Crippen LogP contribution in [0.3, 0.4) is 0 Å². The first kappa shape index (κ1) is 18.6. The maximum atomic E-state index is 6.02. The van der Waals surface area contributed by atoms with E-state index in [0.717, 1.165) is 50.4 Å². The van der Waals surface area contributed by atoms with E-state index >= 15 is 0 Å². The van der Waals surface area contributed by atoms with Crippen LogP contribution >= 0.6 is 34.4 Å². The number of hydrogen-bond donors (Lipinski definition) is 2. The molecule has 10 heteroatoms. The van der Waals surface area contributed by atoms with Crippen LogP contribution in [0.2, 0.25) is 0 Å². The summed E-state index contributed by atoms with van der Waals surface area (Å²) in [6, 6.07) is 4.00. The topological polar surface area (TPSA) is 100 Å². The smallest absolute Gasteiger partial charge is 0.175 e. The minimum absolute atomic E-state index is 0.390. The predicted octanol–water partition coefficient (Wildman–Crippen LogP) is 2.54. The molecule has 0 fully saturated rings. The molecule has 0 atom stereocenters. The van der Waals surface area contributed by atoms with Gasteiger partial charge >= 0.3 is 0 Å². The van der Waals surface area contributed by atoms with Gasteiger partial charge in [-0.1, -0.05) is 18.7 Å². The van der Waals surface area contributed by atoms with Gasteiger partial charge in [-0.2, -0.15) is 0 Å². The van der Waals surface area contributed by atoms with Crippen molar-refractivity contribution in [3.63, 3.8) is 0 Å². The Morgan fingerprint density at radius 2 is 2.04 bits per heavy atom. The molecule has 142 valence electrons. The Kier molecular flexibility index (Phi) is 5.55. The normalized spacial score (nSPS) is 13.3. The number of ether oxygens (including phenoxy) is 2. The molecule has 1 aliphatic heterocycles. The van der Waals surface area contributed by atoms with Crippen molar-refractivity contribution < 1.29 is 9.47 Å². The van der Waals surface area contributed by atoms with Gasteiger partial charge in [0.25, 0.3) is 0 Å². The molecule has 0 bridgehead atoms. The van der Waals surface area contributed by atoms with Gasteiger partial charge in [0.1, 0.15) is 19.5 Å². The van der Waals surface area contributed by atoms with Crippen molar-refractivity contribution in [1.29, 1.82) is 0 Å². The van der Waals surface area contributed by atoms with E-state index in [1.165, 1.54) is 6.33 Å². The van der Waals surface area contributed by atoms with E-state index in [1.807, 2.05) is 12.1 Å². The number of benzene rings is 1. The first-order valence-corrected chi connectivity index (χ1v) is 10.5. The van der Waals surface area contributed by atoms with Gasteiger partial charge in [-0.3, -0.25) is 0 Å². The second-order valence-corrected chi connectivity index (χ2v) is 8.03. The quantitative estimate of drug-likeness (QED) is 0.395. The van der Waals surface area contributed by atoms with Gasteiger partial charge in [-0.05, 0) is 41.3 Å². The van der Waals surface area contributed by atoms with E-state index in [1.54, 1.807) is 11.8 Å². The predicted molar refractivity (Wildman–Crippen MR) is 113 cm³/mol. The van der Waals surface area contributed by atoms with Crippen LogP contribution in [0.15, 0.2) is 28.5 Å². The lowest BCUT2D eigenvalue weighted by Gasteiger charge is -2.19. The lowest BCUT2D eigenvalue weighted by Crippen LogP contribution is -2.19. The number of nitrogens with one attached hydrogen (secondary N) is 1. The Hall–Kier alpha value is -1.79. The van der Waals surface area contributed by atoms with Crippen LogP contribution in [0.1, 0.15) is 6.92 Å². The van der Waals surface area contributed by atoms with E-state index < -0.39 is 0 Å². The standard InChI is InChI=1S/C17H19IN6O2S/c1-2-20-3-4-24-16-14(15(19)21-9-22-16)23-17(24)27-13-8-12-11(7-10(13)18)25-5-6-26-12/h7-9,20H,2-6H2,1H3,(H2,19,21,22). The van der Waals surface area contributed by atoms with E-state index in [2.05, 4.69) is 49.4 Å². The third-order valence-corrected chi connectivity index (χ3v) is 6.40. The summed E-state index contributed by atoms with van der Waals surface area (Å²) in [6.45, 7) is 5.69. The van der Waals surface area contributed by atoms with Gasteiger partial charge in [0.05, 0.1) is 0 Å². The molecule has 8 nitrogen and oxygen atoms in total. The maximum Gasteiger partial charge on any atom is 0.175 e. The third kappa shape index (κ3) is 3.78. The molecule has 0 saturated carbocycles. The van der Waals surface area contributed by atoms with E-state index in [9.17, 15) is 0 Å². The SMILES string of the molecule is CCNCCn1c(Sc2cc3c(cc2I)OCCO3)nc2c(N)ncnc21. The van der Waals surface area contributed by atoms with Gasteiger partial charge in [0.2, 0.25) is 0 Å². The number of nitrogens with two attached hydrogens (primary N) is 1. The highest BCUT2D eigenvalue weighted by molar-refractivity contribution is 14.1. The van der Waals surface area contributed by atoms with Crippen molar-refractivity contribution in [3.8, 4) is 11.5 Å². The summed E-state index contributed by atoms with van der Waals surface area (Å²) in [6.07, 6.45) is 1.48. The van der Waals surface area contributed by atoms with E-state index in [0.29, 0.717) is 24.5 Å². The molecule has 0 saturated heterocycles. The summed E-state index contributed by atoms with van der Waals surface area (Å²) < 4.78 is 14.5.